The van der Waals surface area contributed by atoms with Gasteiger partial charge in [0.15, 0.2) is 0 Å². The molecule has 2 aromatic heterocycles. The van der Waals surface area contributed by atoms with Crippen LogP contribution in [0.4, 0.5) is 0 Å². The molecule has 0 aromatic carbocycles. The predicted molar refractivity (Wildman–Crippen MR) is 89.2 cm³/mol. The fourth-order valence-corrected chi connectivity index (χ4v) is 6.13. The topological polar surface area (TPSA) is 0 Å². The Morgan fingerprint density at radius 3 is 1.00 bits per heavy atom. The van der Waals surface area contributed by atoms with Gasteiger partial charge in [-0.05, 0) is 27.7 Å². The third kappa shape index (κ3) is 1.46. The molecule has 0 radical (unpaired) electrons. The first-order valence-corrected chi connectivity index (χ1v) is 8.17. The number of hydrogen-bond donors (Lipinski definition) is 0. The van der Waals surface area contributed by atoms with E-state index in [0.717, 1.165) is 9.73 Å². The molecule has 4 heteroatoms. The van der Waals surface area contributed by atoms with Crippen molar-refractivity contribution in [3.63, 3.8) is 0 Å². The van der Waals surface area contributed by atoms with Crippen molar-refractivity contribution in [3.8, 4) is 0 Å². The molecular formula is C14H12S4. The van der Waals surface area contributed by atoms with Gasteiger partial charge in [0, 0.05) is 41.8 Å². The number of thiophene rings is 2. The lowest BCUT2D eigenvalue weighted by atomic mass is 9.86. The molecule has 0 N–H and O–H groups in total. The predicted octanol–water partition coefficient (Wildman–Crippen LogP) is 4.89. The quantitative estimate of drug-likeness (QED) is 0.542. The average Bonchev–Trinajstić information content (AvgIpc) is 2.73. The Bertz CT molecular complexity index is 597. The summed E-state index contributed by atoms with van der Waals surface area (Å²) in [4.78, 5) is 7.18. The molecule has 0 amide bonds. The van der Waals surface area contributed by atoms with E-state index in [1.165, 1.54) is 41.8 Å². The highest BCUT2D eigenvalue weighted by Gasteiger charge is 2.32. The van der Waals surface area contributed by atoms with E-state index < -0.39 is 0 Å². The summed E-state index contributed by atoms with van der Waals surface area (Å²) in [5.74, 6) is 0. The molecule has 1 aliphatic rings. The summed E-state index contributed by atoms with van der Waals surface area (Å²) in [5, 5.41) is 0. The molecule has 18 heavy (non-hydrogen) atoms. The van der Waals surface area contributed by atoms with Crippen LogP contribution in [0.15, 0.2) is 0 Å². The van der Waals surface area contributed by atoms with Gasteiger partial charge in [0.2, 0.25) is 0 Å². The van der Waals surface area contributed by atoms with Crippen LogP contribution in [0.1, 0.15) is 41.8 Å². The van der Waals surface area contributed by atoms with Gasteiger partial charge in [0.1, 0.15) is 0 Å². The molecule has 2 heterocycles. The SMILES string of the molecule is Cc1sc(C)c2c1C(=S)c1c(C)sc(C)c1C2=S. The molecule has 0 aliphatic heterocycles. The standard InChI is InChI=1S/C14H12S4/c1-5-9-10(6(2)17-5)14(16)12-8(4)18-7(3)11(12)13(9)15/h1-4H3. The van der Waals surface area contributed by atoms with Gasteiger partial charge in [0.05, 0.1) is 9.73 Å². The maximum Gasteiger partial charge on any atom is 0.0557 e. The maximum atomic E-state index is 5.72. The molecule has 3 rings (SSSR count). The van der Waals surface area contributed by atoms with Crippen LogP contribution in [0.5, 0.6) is 0 Å². The molecule has 0 atom stereocenters. The molecular weight excluding hydrogens is 296 g/mol. The summed E-state index contributed by atoms with van der Waals surface area (Å²) >= 11 is 15.1. The fourth-order valence-electron chi connectivity index (χ4n) is 2.71. The Hall–Kier alpha value is -0.420. The maximum absolute atomic E-state index is 5.72. The monoisotopic (exact) mass is 308 g/mol. The van der Waals surface area contributed by atoms with Crippen LogP contribution >= 0.6 is 47.1 Å². The van der Waals surface area contributed by atoms with E-state index in [1.54, 1.807) is 22.7 Å². The van der Waals surface area contributed by atoms with E-state index >= 15 is 0 Å². The lowest BCUT2D eigenvalue weighted by molar-refractivity contribution is 1.47. The molecule has 0 saturated carbocycles. The first-order valence-electron chi connectivity index (χ1n) is 5.72. The molecule has 0 bridgehead atoms. The number of thiocarbonyl (C=S) groups is 2. The van der Waals surface area contributed by atoms with Gasteiger partial charge >= 0.3 is 0 Å². The third-order valence-corrected chi connectivity index (χ3v) is 6.29. The minimum atomic E-state index is 0.998. The summed E-state index contributed by atoms with van der Waals surface area (Å²) in [6.45, 7) is 8.58. The largest absolute Gasteiger partial charge is 0.145 e. The van der Waals surface area contributed by atoms with Gasteiger partial charge in [-0.3, -0.25) is 0 Å². The lowest BCUT2D eigenvalue weighted by Crippen LogP contribution is -2.19. The zero-order chi connectivity index (χ0) is 13.2. The van der Waals surface area contributed by atoms with Crippen LogP contribution in [0.3, 0.4) is 0 Å². The van der Waals surface area contributed by atoms with Crippen molar-refractivity contribution >= 4 is 56.8 Å². The lowest BCUT2D eigenvalue weighted by Gasteiger charge is -2.18. The van der Waals surface area contributed by atoms with Crippen LogP contribution < -0.4 is 0 Å². The van der Waals surface area contributed by atoms with Crippen molar-refractivity contribution in [3.05, 3.63) is 41.8 Å². The van der Waals surface area contributed by atoms with Crippen LogP contribution in [0.2, 0.25) is 0 Å². The number of aryl methyl sites for hydroxylation is 4. The van der Waals surface area contributed by atoms with Gasteiger partial charge in [-0.15, -0.1) is 22.7 Å². The first kappa shape index (κ1) is 12.6. The van der Waals surface area contributed by atoms with Crippen molar-refractivity contribution in [2.75, 3.05) is 0 Å². The zero-order valence-electron chi connectivity index (χ0n) is 10.6. The number of rotatable bonds is 0. The molecule has 0 nitrogen and oxygen atoms in total. The Kier molecular flexibility index (Phi) is 2.83. The van der Waals surface area contributed by atoms with Gasteiger partial charge in [-0.2, -0.15) is 0 Å². The van der Waals surface area contributed by atoms with Gasteiger partial charge in [-0.1, -0.05) is 24.4 Å². The summed E-state index contributed by atoms with van der Waals surface area (Å²) in [6, 6.07) is 0. The second kappa shape index (κ2) is 4.04. The molecule has 1 aliphatic carbocycles. The van der Waals surface area contributed by atoms with Crippen molar-refractivity contribution in [1.82, 2.24) is 0 Å². The summed E-state index contributed by atoms with van der Waals surface area (Å²) in [6.07, 6.45) is 0. The van der Waals surface area contributed by atoms with Crippen molar-refractivity contribution < 1.29 is 0 Å². The minimum Gasteiger partial charge on any atom is -0.145 e. The Morgan fingerprint density at radius 1 is 0.556 bits per heavy atom. The van der Waals surface area contributed by atoms with Crippen LogP contribution in [-0.2, 0) is 0 Å². The highest BCUT2D eigenvalue weighted by atomic mass is 32.1. The third-order valence-electron chi connectivity index (χ3n) is 3.43. The normalized spacial score (nSPS) is 13.8. The van der Waals surface area contributed by atoms with Gasteiger partial charge in [-0.25, -0.2) is 0 Å². The van der Waals surface area contributed by atoms with Crippen LogP contribution in [0, 0.1) is 27.7 Å². The highest BCUT2D eigenvalue weighted by Crippen LogP contribution is 2.41. The van der Waals surface area contributed by atoms with E-state index in [4.69, 9.17) is 24.4 Å². The van der Waals surface area contributed by atoms with Crippen molar-refractivity contribution in [2.24, 2.45) is 0 Å². The minimum absolute atomic E-state index is 0.998. The summed E-state index contributed by atoms with van der Waals surface area (Å²) in [5.41, 5.74) is 4.86. The molecule has 0 fully saturated rings. The van der Waals surface area contributed by atoms with Gasteiger partial charge in [0.25, 0.3) is 0 Å². The van der Waals surface area contributed by atoms with Crippen molar-refractivity contribution in [1.29, 1.82) is 0 Å². The average molecular weight is 309 g/mol. The Balaban J connectivity index is 2.42. The van der Waals surface area contributed by atoms with Crippen LogP contribution in [-0.4, -0.2) is 9.73 Å². The second-order valence-electron chi connectivity index (χ2n) is 4.59. The zero-order valence-corrected chi connectivity index (χ0v) is 13.9. The number of fused-ring (bicyclic) bond motifs is 2. The Morgan fingerprint density at radius 2 is 0.778 bits per heavy atom. The second-order valence-corrected chi connectivity index (χ2v) is 8.26. The molecule has 0 unspecified atom stereocenters. The van der Waals surface area contributed by atoms with E-state index in [-0.39, 0.29) is 0 Å². The molecule has 0 spiro atoms. The van der Waals surface area contributed by atoms with Gasteiger partial charge < -0.3 is 0 Å². The summed E-state index contributed by atoms with van der Waals surface area (Å²) in [7, 11) is 0. The van der Waals surface area contributed by atoms with E-state index in [9.17, 15) is 0 Å². The van der Waals surface area contributed by atoms with Crippen LogP contribution in [0.25, 0.3) is 0 Å². The Labute approximate surface area is 126 Å². The smallest absolute Gasteiger partial charge is 0.0557 e. The number of hydrogen-bond acceptors (Lipinski definition) is 4. The molecule has 2 aromatic rings. The fraction of sp³-hybridized carbons (Fsp3) is 0.286. The van der Waals surface area contributed by atoms with E-state index in [1.807, 2.05) is 0 Å². The van der Waals surface area contributed by atoms with E-state index in [0.29, 0.717) is 0 Å². The first-order chi connectivity index (χ1) is 8.43. The molecule has 92 valence electrons. The highest BCUT2D eigenvalue weighted by molar-refractivity contribution is 7.82. The van der Waals surface area contributed by atoms with E-state index in [2.05, 4.69) is 27.7 Å². The summed E-state index contributed by atoms with van der Waals surface area (Å²) < 4.78 is 0. The molecule has 0 saturated heterocycles. The van der Waals surface area contributed by atoms with Crippen molar-refractivity contribution in [2.45, 2.75) is 27.7 Å².